The standard InChI is InChI=1S/C13H11ClN2O2S/c14-11-6-2-1-5-10(11)13(15)16-18-12(17)8-9-4-3-7-19-9/h1-7H,8H2,(H2,15,16). The van der Waals surface area contributed by atoms with Crippen LogP contribution in [0, 0.1) is 0 Å². The lowest BCUT2D eigenvalue weighted by Gasteiger charge is -2.02. The molecule has 98 valence electrons. The van der Waals surface area contributed by atoms with Crippen LogP contribution in [0.4, 0.5) is 0 Å². The SMILES string of the molecule is N/C(=N\OC(=O)Cc1cccs1)c1ccccc1Cl. The van der Waals surface area contributed by atoms with Crippen LogP contribution >= 0.6 is 22.9 Å². The first-order valence-corrected chi connectivity index (χ1v) is 6.73. The molecule has 19 heavy (non-hydrogen) atoms. The van der Waals surface area contributed by atoms with Crippen molar-refractivity contribution in [2.45, 2.75) is 6.42 Å². The molecule has 0 saturated carbocycles. The first kappa shape index (κ1) is 13.6. The van der Waals surface area contributed by atoms with Gasteiger partial charge in [0.25, 0.3) is 0 Å². The summed E-state index contributed by atoms with van der Waals surface area (Å²) in [6.07, 6.45) is 0.178. The molecule has 0 aliphatic carbocycles. The summed E-state index contributed by atoms with van der Waals surface area (Å²) in [6.45, 7) is 0. The normalized spacial score (nSPS) is 11.3. The number of thiophene rings is 1. The van der Waals surface area contributed by atoms with Gasteiger partial charge in [-0.05, 0) is 23.6 Å². The average Bonchev–Trinajstić information content (AvgIpc) is 2.89. The summed E-state index contributed by atoms with van der Waals surface area (Å²) in [5.74, 6) is -0.386. The summed E-state index contributed by atoms with van der Waals surface area (Å²) in [5, 5.41) is 5.95. The zero-order valence-corrected chi connectivity index (χ0v) is 11.4. The van der Waals surface area contributed by atoms with Crippen molar-refractivity contribution in [2.24, 2.45) is 10.9 Å². The van der Waals surface area contributed by atoms with Crippen LogP contribution in [0.25, 0.3) is 0 Å². The van der Waals surface area contributed by atoms with E-state index in [2.05, 4.69) is 5.16 Å². The number of benzene rings is 1. The number of carbonyl (C=O) groups is 1. The van der Waals surface area contributed by atoms with Crippen LogP contribution in [0.3, 0.4) is 0 Å². The third kappa shape index (κ3) is 3.81. The Kier molecular flexibility index (Phi) is 4.54. The van der Waals surface area contributed by atoms with Gasteiger partial charge in [-0.1, -0.05) is 35.0 Å². The molecule has 0 spiro atoms. The smallest absolute Gasteiger partial charge is 0.340 e. The molecule has 0 unspecified atom stereocenters. The van der Waals surface area contributed by atoms with Crippen molar-refractivity contribution in [1.29, 1.82) is 0 Å². The maximum absolute atomic E-state index is 11.5. The molecule has 0 amide bonds. The molecule has 0 atom stereocenters. The largest absolute Gasteiger partial charge is 0.380 e. The van der Waals surface area contributed by atoms with Crippen LogP contribution in [0.15, 0.2) is 46.9 Å². The van der Waals surface area contributed by atoms with E-state index in [0.29, 0.717) is 10.6 Å². The number of halogens is 1. The molecule has 2 rings (SSSR count). The van der Waals surface area contributed by atoms with Crippen molar-refractivity contribution in [3.8, 4) is 0 Å². The van der Waals surface area contributed by atoms with Crippen molar-refractivity contribution in [1.82, 2.24) is 0 Å². The molecule has 0 bridgehead atoms. The molecule has 0 saturated heterocycles. The van der Waals surface area contributed by atoms with Gasteiger partial charge in [-0.3, -0.25) is 0 Å². The molecule has 4 nitrogen and oxygen atoms in total. The van der Waals surface area contributed by atoms with E-state index in [1.165, 1.54) is 11.3 Å². The molecule has 0 aliphatic heterocycles. The predicted octanol–water partition coefficient (Wildman–Crippen LogP) is 2.81. The van der Waals surface area contributed by atoms with E-state index in [-0.39, 0.29) is 12.3 Å². The third-order valence-electron chi connectivity index (χ3n) is 2.29. The molecule has 0 radical (unpaired) electrons. The number of oxime groups is 1. The number of nitrogens with two attached hydrogens (primary N) is 1. The number of hydrogen-bond donors (Lipinski definition) is 1. The Bertz CT molecular complexity index is 596. The van der Waals surface area contributed by atoms with Crippen LogP contribution in [-0.4, -0.2) is 11.8 Å². The molecule has 0 aliphatic rings. The van der Waals surface area contributed by atoms with Gasteiger partial charge in [0.2, 0.25) is 0 Å². The lowest BCUT2D eigenvalue weighted by molar-refractivity contribution is -0.142. The van der Waals surface area contributed by atoms with Crippen LogP contribution in [0.1, 0.15) is 10.4 Å². The molecule has 1 aromatic carbocycles. The zero-order valence-electron chi connectivity index (χ0n) is 9.88. The minimum atomic E-state index is -0.461. The van der Waals surface area contributed by atoms with E-state index in [1.54, 1.807) is 24.3 Å². The highest BCUT2D eigenvalue weighted by molar-refractivity contribution is 7.10. The van der Waals surface area contributed by atoms with Gasteiger partial charge in [-0.15, -0.1) is 11.3 Å². The topological polar surface area (TPSA) is 64.7 Å². The van der Waals surface area contributed by atoms with Gasteiger partial charge < -0.3 is 10.6 Å². The van der Waals surface area contributed by atoms with Crippen molar-refractivity contribution in [3.63, 3.8) is 0 Å². The number of nitrogens with zero attached hydrogens (tertiary/aromatic N) is 1. The molecule has 0 fully saturated rings. The molecule has 1 aromatic heterocycles. The second-order valence-electron chi connectivity index (χ2n) is 3.68. The summed E-state index contributed by atoms with van der Waals surface area (Å²) >= 11 is 7.43. The minimum Gasteiger partial charge on any atom is -0.380 e. The van der Waals surface area contributed by atoms with Crippen molar-refractivity contribution in [2.75, 3.05) is 0 Å². The van der Waals surface area contributed by atoms with Crippen LogP contribution in [0.2, 0.25) is 5.02 Å². The van der Waals surface area contributed by atoms with E-state index in [1.807, 2.05) is 17.5 Å². The van der Waals surface area contributed by atoms with E-state index in [4.69, 9.17) is 22.2 Å². The van der Waals surface area contributed by atoms with Crippen molar-refractivity contribution < 1.29 is 9.63 Å². The highest BCUT2D eigenvalue weighted by Crippen LogP contribution is 2.14. The van der Waals surface area contributed by atoms with E-state index < -0.39 is 5.97 Å². The Morgan fingerprint density at radius 1 is 1.32 bits per heavy atom. The van der Waals surface area contributed by atoms with E-state index >= 15 is 0 Å². The highest BCUT2D eigenvalue weighted by atomic mass is 35.5. The van der Waals surface area contributed by atoms with E-state index in [0.717, 1.165) is 4.88 Å². The predicted molar refractivity (Wildman–Crippen MR) is 76.3 cm³/mol. The van der Waals surface area contributed by atoms with Crippen molar-refractivity contribution >= 4 is 34.7 Å². The van der Waals surface area contributed by atoms with Crippen LogP contribution < -0.4 is 5.73 Å². The Hall–Kier alpha value is -1.85. The maximum atomic E-state index is 11.5. The summed E-state index contributed by atoms with van der Waals surface area (Å²) < 4.78 is 0. The Labute approximate surface area is 119 Å². The van der Waals surface area contributed by atoms with Gasteiger partial charge >= 0.3 is 5.97 Å². The molecule has 2 aromatic rings. The zero-order chi connectivity index (χ0) is 13.7. The second-order valence-corrected chi connectivity index (χ2v) is 5.12. The lowest BCUT2D eigenvalue weighted by Crippen LogP contribution is -2.16. The molecule has 6 heteroatoms. The molecule has 1 heterocycles. The minimum absolute atomic E-state index is 0.0742. The number of hydrogen-bond acceptors (Lipinski definition) is 4. The highest BCUT2D eigenvalue weighted by Gasteiger charge is 2.08. The summed E-state index contributed by atoms with van der Waals surface area (Å²) in [6, 6.07) is 10.7. The quantitative estimate of drug-likeness (QED) is 0.408. The average molecular weight is 295 g/mol. The maximum Gasteiger partial charge on any atom is 0.340 e. The fourth-order valence-corrected chi connectivity index (χ4v) is 2.33. The third-order valence-corrected chi connectivity index (χ3v) is 3.50. The Morgan fingerprint density at radius 2 is 2.11 bits per heavy atom. The Morgan fingerprint density at radius 3 is 2.79 bits per heavy atom. The van der Waals surface area contributed by atoms with Gasteiger partial charge in [0.15, 0.2) is 5.84 Å². The van der Waals surface area contributed by atoms with Gasteiger partial charge in [0, 0.05) is 10.4 Å². The van der Waals surface area contributed by atoms with Gasteiger partial charge in [0.05, 0.1) is 11.4 Å². The summed E-state index contributed by atoms with van der Waals surface area (Å²) in [7, 11) is 0. The van der Waals surface area contributed by atoms with Crippen LogP contribution in [0.5, 0.6) is 0 Å². The van der Waals surface area contributed by atoms with Crippen molar-refractivity contribution in [3.05, 3.63) is 57.2 Å². The van der Waals surface area contributed by atoms with Gasteiger partial charge in [-0.2, -0.15) is 0 Å². The summed E-state index contributed by atoms with van der Waals surface area (Å²) in [5.41, 5.74) is 6.24. The fourth-order valence-electron chi connectivity index (χ4n) is 1.41. The molecule has 2 N–H and O–H groups in total. The number of carbonyl (C=O) groups excluding carboxylic acids is 1. The van der Waals surface area contributed by atoms with Gasteiger partial charge in [-0.25, -0.2) is 4.79 Å². The van der Waals surface area contributed by atoms with Gasteiger partial charge in [0.1, 0.15) is 0 Å². The first-order chi connectivity index (χ1) is 9.16. The van der Waals surface area contributed by atoms with Crippen LogP contribution in [-0.2, 0) is 16.1 Å². The fraction of sp³-hybridized carbons (Fsp3) is 0.0769. The Balaban J connectivity index is 1.98. The number of amidine groups is 1. The lowest BCUT2D eigenvalue weighted by atomic mass is 10.2. The second kappa shape index (κ2) is 6.36. The monoisotopic (exact) mass is 294 g/mol. The summed E-state index contributed by atoms with van der Waals surface area (Å²) in [4.78, 5) is 17.2. The first-order valence-electron chi connectivity index (χ1n) is 5.47. The number of rotatable bonds is 4. The van der Waals surface area contributed by atoms with E-state index in [9.17, 15) is 4.79 Å². The molecular formula is C13H11ClN2O2S. The molecular weight excluding hydrogens is 284 g/mol.